The highest BCUT2D eigenvalue weighted by molar-refractivity contribution is 6.20. The second-order valence-corrected chi connectivity index (χ2v) is 15.7. The molecule has 0 bridgehead atoms. The summed E-state index contributed by atoms with van der Waals surface area (Å²) in [5, 5.41) is 9.77. The molecule has 0 aliphatic carbocycles. The van der Waals surface area contributed by atoms with Gasteiger partial charge in [-0.15, -0.1) is 0 Å². The molecule has 3 heteroatoms. The van der Waals surface area contributed by atoms with Gasteiger partial charge in [0.05, 0.1) is 11.4 Å². The molecule has 284 valence electrons. The van der Waals surface area contributed by atoms with Crippen molar-refractivity contribution in [2.24, 2.45) is 0 Å². The van der Waals surface area contributed by atoms with Crippen LogP contribution in [0.3, 0.4) is 0 Å². The van der Waals surface area contributed by atoms with Gasteiger partial charge in [-0.3, -0.25) is 0 Å². The summed E-state index contributed by atoms with van der Waals surface area (Å²) in [5.74, 6) is 0.687. The van der Waals surface area contributed by atoms with Crippen molar-refractivity contribution in [2.45, 2.75) is 0 Å². The van der Waals surface area contributed by atoms with Crippen LogP contribution in [0.2, 0.25) is 0 Å². The Kier molecular flexibility index (Phi) is 8.17. The molecule has 0 spiro atoms. The van der Waals surface area contributed by atoms with Gasteiger partial charge in [0.15, 0.2) is 5.82 Å². The summed E-state index contributed by atoms with van der Waals surface area (Å²) in [4.78, 5) is 10.3. The average Bonchev–Trinajstić information content (AvgIpc) is 3.73. The van der Waals surface area contributed by atoms with Crippen LogP contribution in [0, 0.1) is 0 Å². The lowest BCUT2D eigenvalue weighted by molar-refractivity contribution is 0.670. The zero-order chi connectivity index (χ0) is 40.3. The van der Waals surface area contributed by atoms with Crippen molar-refractivity contribution in [1.29, 1.82) is 0 Å². The standard InChI is InChI=1S/C58H36N2O/c1-2-14-40(15-3-1)58-59-53(39-29-27-38(28-30-39)48-24-12-25-51-49-23-8-9-26-55(49)61-57(48)51)36-54(60-58)44-19-10-17-41(33-44)42-18-11-20-45(34-42)56-47-22-7-5-16-43(47)35-52-46-21-6-4-13-37(46)31-32-50(52)56/h1-36H. The molecule has 0 saturated carbocycles. The van der Waals surface area contributed by atoms with Gasteiger partial charge < -0.3 is 4.42 Å². The Labute approximate surface area is 352 Å². The van der Waals surface area contributed by atoms with Crippen molar-refractivity contribution in [3.63, 3.8) is 0 Å². The van der Waals surface area contributed by atoms with Crippen molar-refractivity contribution in [3.8, 4) is 67.3 Å². The molecule has 0 saturated heterocycles. The maximum atomic E-state index is 6.38. The molecular weight excluding hydrogens is 741 g/mol. The minimum atomic E-state index is 0.687. The van der Waals surface area contributed by atoms with E-state index < -0.39 is 0 Å². The normalized spacial score (nSPS) is 11.6. The van der Waals surface area contributed by atoms with Crippen molar-refractivity contribution in [3.05, 3.63) is 218 Å². The van der Waals surface area contributed by atoms with Gasteiger partial charge in [-0.05, 0) is 90.5 Å². The molecule has 0 fully saturated rings. The van der Waals surface area contributed by atoms with Gasteiger partial charge in [0.1, 0.15) is 11.2 Å². The highest BCUT2D eigenvalue weighted by Crippen LogP contribution is 2.41. The SMILES string of the molecule is c1ccc(-c2nc(-c3ccc(-c4cccc5c4oc4ccccc45)cc3)cc(-c3cccc(-c4cccc(-c5c6ccccc6cc6c5ccc5ccccc56)c4)c3)n2)cc1. The predicted molar refractivity (Wildman–Crippen MR) is 254 cm³/mol. The van der Waals surface area contributed by atoms with Crippen molar-refractivity contribution in [2.75, 3.05) is 0 Å². The van der Waals surface area contributed by atoms with E-state index in [2.05, 4.69) is 188 Å². The highest BCUT2D eigenvalue weighted by Gasteiger charge is 2.16. The van der Waals surface area contributed by atoms with Crippen LogP contribution in [0.25, 0.3) is 122 Å². The number of benzene rings is 10. The number of aromatic nitrogens is 2. The third-order valence-electron chi connectivity index (χ3n) is 12.1. The maximum absolute atomic E-state index is 6.38. The first-order chi connectivity index (χ1) is 30.2. The second-order valence-electron chi connectivity index (χ2n) is 15.7. The van der Waals surface area contributed by atoms with Gasteiger partial charge in [0, 0.05) is 33.0 Å². The van der Waals surface area contributed by atoms with E-state index in [-0.39, 0.29) is 0 Å². The van der Waals surface area contributed by atoms with E-state index in [1.54, 1.807) is 0 Å². The first kappa shape index (κ1) is 34.9. The minimum absolute atomic E-state index is 0.687. The summed E-state index contributed by atoms with van der Waals surface area (Å²) in [6.07, 6.45) is 0. The van der Waals surface area contributed by atoms with Gasteiger partial charge in [-0.1, -0.05) is 188 Å². The summed E-state index contributed by atoms with van der Waals surface area (Å²) in [6.45, 7) is 0. The molecule has 2 heterocycles. The Morgan fingerprint density at radius 1 is 0.295 bits per heavy atom. The van der Waals surface area contributed by atoms with Crippen LogP contribution in [-0.2, 0) is 0 Å². The fraction of sp³-hybridized carbons (Fsp3) is 0. The molecule has 0 unspecified atom stereocenters. The van der Waals surface area contributed by atoms with E-state index in [1.807, 2.05) is 30.3 Å². The van der Waals surface area contributed by atoms with Crippen LogP contribution < -0.4 is 0 Å². The summed E-state index contributed by atoms with van der Waals surface area (Å²) in [6, 6.07) is 77.6. The summed E-state index contributed by atoms with van der Waals surface area (Å²) in [5.41, 5.74) is 13.4. The zero-order valence-corrected chi connectivity index (χ0v) is 33.1. The quantitative estimate of drug-likeness (QED) is 0.125. The van der Waals surface area contributed by atoms with Crippen LogP contribution >= 0.6 is 0 Å². The topological polar surface area (TPSA) is 38.9 Å². The van der Waals surface area contributed by atoms with Crippen LogP contribution in [-0.4, -0.2) is 9.97 Å². The Morgan fingerprint density at radius 3 is 1.70 bits per heavy atom. The van der Waals surface area contributed by atoms with E-state index in [4.69, 9.17) is 14.4 Å². The number of para-hydroxylation sites is 2. The van der Waals surface area contributed by atoms with Gasteiger partial charge >= 0.3 is 0 Å². The van der Waals surface area contributed by atoms with Gasteiger partial charge in [-0.25, -0.2) is 9.97 Å². The van der Waals surface area contributed by atoms with E-state index in [0.717, 1.165) is 72.3 Å². The van der Waals surface area contributed by atoms with E-state index in [9.17, 15) is 0 Å². The fourth-order valence-corrected chi connectivity index (χ4v) is 9.10. The van der Waals surface area contributed by atoms with Crippen molar-refractivity contribution < 1.29 is 4.42 Å². The highest BCUT2D eigenvalue weighted by atomic mass is 16.3. The molecule has 3 nitrogen and oxygen atoms in total. The van der Waals surface area contributed by atoms with Crippen LogP contribution in [0.15, 0.2) is 223 Å². The average molecular weight is 777 g/mol. The molecule has 0 aliphatic rings. The lowest BCUT2D eigenvalue weighted by atomic mass is 9.88. The summed E-state index contributed by atoms with van der Waals surface area (Å²) in [7, 11) is 0. The van der Waals surface area contributed by atoms with Gasteiger partial charge in [0.25, 0.3) is 0 Å². The molecule has 0 N–H and O–H groups in total. The number of hydrogen-bond acceptors (Lipinski definition) is 3. The maximum Gasteiger partial charge on any atom is 0.160 e. The summed E-state index contributed by atoms with van der Waals surface area (Å²) >= 11 is 0. The van der Waals surface area contributed by atoms with Crippen LogP contribution in [0.1, 0.15) is 0 Å². The monoisotopic (exact) mass is 776 g/mol. The molecule has 0 amide bonds. The minimum Gasteiger partial charge on any atom is -0.455 e. The van der Waals surface area contributed by atoms with Crippen molar-refractivity contribution >= 4 is 54.3 Å². The number of furan rings is 1. The fourth-order valence-electron chi connectivity index (χ4n) is 9.10. The van der Waals surface area contributed by atoms with Gasteiger partial charge in [0.2, 0.25) is 0 Å². The van der Waals surface area contributed by atoms with E-state index in [1.165, 1.54) is 43.4 Å². The first-order valence-corrected chi connectivity index (χ1v) is 20.7. The molecule has 61 heavy (non-hydrogen) atoms. The molecule has 2 aromatic heterocycles. The smallest absolute Gasteiger partial charge is 0.160 e. The number of fused-ring (bicyclic) bond motifs is 7. The number of rotatable bonds is 6. The van der Waals surface area contributed by atoms with Crippen molar-refractivity contribution in [1.82, 2.24) is 9.97 Å². The summed E-state index contributed by atoms with van der Waals surface area (Å²) < 4.78 is 6.38. The zero-order valence-electron chi connectivity index (χ0n) is 33.1. The Bertz CT molecular complexity index is 3640. The Hall–Kier alpha value is -8.14. The third kappa shape index (κ3) is 6.06. The third-order valence-corrected chi connectivity index (χ3v) is 12.1. The molecule has 0 atom stereocenters. The van der Waals surface area contributed by atoms with E-state index in [0.29, 0.717) is 5.82 Å². The molecule has 0 radical (unpaired) electrons. The largest absolute Gasteiger partial charge is 0.455 e. The predicted octanol–water partition coefficient (Wildman–Crippen LogP) is 15.8. The molecule has 12 aromatic rings. The van der Waals surface area contributed by atoms with Gasteiger partial charge in [-0.2, -0.15) is 0 Å². The number of nitrogens with zero attached hydrogens (tertiary/aromatic N) is 2. The Balaban J connectivity index is 0.950. The lowest BCUT2D eigenvalue weighted by Gasteiger charge is -2.15. The molecule has 10 aromatic carbocycles. The number of hydrogen-bond donors (Lipinski definition) is 0. The first-order valence-electron chi connectivity index (χ1n) is 20.7. The van der Waals surface area contributed by atoms with Crippen LogP contribution in [0.5, 0.6) is 0 Å². The molecular formula is C58H36N2O. The Morgan fingerprint density at radius 2 is 0.885 bits per heavy atom. The molecule has 12 rings (SSSR count). The van der Waals surface area contributed by atoms with E-state index >= 15 is 0 Å². The second kappa shape index (κ2) is 14.3. The molecule has 0 aliphatic heterocycles. The van der Waals surface area contributed by atoms with Crippen LogP contribution in [0.4, 0.5) is 0 Å². The lowest BCUT2D eigenvalue weighted by Crippen LogP contribution is -1.96.